The Hall–Kier alpha value is -1.51. The number of carboxylic acids is 1. The number of ether oxygens (including phenoxy) is 1. The van der Waals surface area contributed by atoms with Gasteiger partial charge in [-0.1, -0.05) is 17.7 Å². The van der Waals surface area contributed by atoms with Crippen molar-refractivity contribution in [2.75, 3.05) is 0 Å². The van der Waals surface area contributed by atoms with Crippen molar-refractivity contribution in [2.24, 2.45) is 0 Å². The summed E-state index contributed by atoms with van der Waals surface area (Å²) in [4.78, 5) is 10.3. The third-order valence-electron chi connectivity index (χ3n) is 2.12. The first-order chi connectivity index (χ1) is 7.08. The highest BCUT2D eigenvalue weighted by Gasteiger charge is 2.06. The summed E-state index contributed by atoms with van der Waals surface area (Å²) >= 11 is 0. The molecule has 0 heterocycles. The summed E-state index contributed by atoms with van der Waals surface area (Å²) in [6.07, 6.45) is 0.611. The summed E-state index contributed by atoms with van der Waals surface area (Å²) in [5.74, 6) is 0.00726. The highest BCUT2D eigenvalue weighted by molar-refractivity contribution is 5.66. The number of aliphatic carboxylic acids is 1. The van der Waals surface area contributed by atoms with Gasteiger partial charge in [-0.25, -0.2) is 0 Å². The molecule has 0 fully saturated rings. The number of hydrogen-bond donors (Lipinski definition) is 1. The Bertz CT molecular complexity index is 316. The highest BCUT2D eigenvalue weighted by Crippen LogP contribution is 2.14. The molecule has 0 aliphatic rings. The molecule has 0 saturated heterocycles. The second-order valence-electron chi connectivity index (χ2n) is 3.67. The van der Waals surface area contributed by atoms with Crippen molar-refractivity contribution in [1.29, 1.82) is 0 Å². The molecule has 1 unspecified atom stereocenters. The first-order valence-electron chi connectivity index (χ1n) is 5.03. The van der Waals surface area contributed by atoms with Crippen LogP contribution in [0.25, 0.3) is 0 Å². The average molecular weight is 208 g/mol. The number of aryl methyl sites for hydroxylation is 1. The number of hydrogen-bond acceptors (Lipinski definition) is 2. The molecule has 1 aromatic carbocycles. The Morgan fingerprint density at radius 1 is 1.40 bits per heavy atom. The molecule has 1 rings (SSSR count). The molecule has 0 radical (unpaired) electrons. The minimum Gasteiger partial charge on any atom is -0.491 e. The predicted octanol–water partition coefficient (Wildman–Crippen LogP) is 2.63. The fourth-order valence-corrected chi connectivity index (χ4v) is 1.23. The van der Waals surface area contributed by atoms with Gasteiger partial charge in [-0.2, -0.15) is 0 Å². The van der Waals surface area contributed by atoms with E-state index >= 15 is 0 Å². The van der Waals surface area contributed by atoms with Crippen LogP contribution in [0.4, 0.5) is 0 Å². The summed E-state index contributed by atoms with van der Waals surface area (Å²) in [5, 5.41) is 8.51. The van der Waals surface area contributed by atoms with Gasteiger partial charge >= 0.3 is 5.97 Å². The molecule has 0 bridgehead atoms. The zero-order chi connectivity index (χ0) is 11.3. The first kappa shape index (κ1) is 11.6. The van der Waals surface area contributed by atoms with Crippen molar-refractivity contribution in [3.63, 3.8) is 0 Å². The molecule has 0 aliphatic carbocycles. The van der Waals surface area contributed by atoms with Crippen LogP contribution in [0.1, 0.15) is 25.3 Å². The van der Waals surface area contributed by atoms with Crippen LogP contribution in [0.15, 0.2) is 24.3 Å². The van der Waals surface area contributed by atoms with Crippen molar-refractivity contribution in [1.82, 2.24) is 0 Å². The molecule has 0 aromatic heterocycles. The van der Waals surface area contributed by atoms with Gasteiger partial charge in [0.05, 0.1) is 6.10 Å². The molecule has 15 heavy (non-hydrogen) atoms. The van der Waals surface area contributed by atoms with Crippen molar-refractivity contribution < 1.29 is 14.6 Å². The van der Waals surface area contributed by atoms with E-state index in [4.69, 9.17) is 9.84 Å². The van der Waals surface area contributed by atoms with Crippen LogP contribution in [0.5, 0.6) is 5.75 Å². The first-order valence-corrected chi connectivity index (χ1v) is 5.03. The number of carboxylic acid groups (broad SMARTS) is 1. The summed E-state index contributed by atoms with van der Waals surface area (Å²) in [6, 6.07) is 7.73. The Morgan fingerprint density at radius 3 is 2.53 bits per heavy atom. The van der Waals surface area contributed by atoms with Crippen molar-refractivity contribution in [3.05, 3.63) is 29.8 Å². The Labute approximate surface area is 89.7 Å². The van der Waals surface area contributed by atoms with Crippen molar-refractivity contribution in [2.45, 2.75) is 32.8 Å². The van der Waals surface area contributed by atoms with Crippen LogP contribution >= 0.6 is 0 Å². The summed E-state index contributed by atoms with van der Waals surface area (Å²) in [7, 11) is 0. The number of rotatable bonds is 5. The Morgan fingerprint density at radius 2 is 2.00 bits per heavy atom. The minimum absolute atomic E-state index is 0.0659. The Balaban J connectivity index is 2.40. The maximum Gasteiger partial charge on any atom is 0.303 e. The van der Waals surface area contributed by atoms with Crippen LogP contribution in [-0.4, -0.2) is 17.2 Å². The molecular weight excluding hydrogens is 192 g/mol. The van der Waals surface area contributed by atoms with Crippen LogP contribution in [0.2, 0.25) is 0 Å². The monoisotopic (exact) mass is 208 g/mol. The molecule has 0 spiro atoms. The standard InChI is InChI=1S/C12H16O3/c1-9-3-6-11(7-4-9)15-10(2)5-8-12(13)14/h3-4,6-7,10H,5,8H2,1-2H3,(H,13,14). The van der Waals surface area contributed by atoms with Gasteiger partial charge < -0.3 is 9.84 Å². The maximum absolute atomic E-state index is 10.3. The highest BCUT2D eigenvalue weighted by atomic mass is 16.5. The quantitative estimate of drug-likeness (QED) is 0.809. The third kappa shape index (κ3) is 4.49. The van der Waals surface area contributed by atoms with E-state index in [1.807, 2.05) is 38.1 Å². The van der Waals surface area contributed by atoms with Gasteiger partial charge in [0, 0.05) is 6.42 Å². The molecule has 0 saturated carbocycles. The van der Waals surface area contributed by atoms with Gasteiger partial charge in [-0.05, 0) is 32.4 Å². The van der Waals surface area contributed by atoms with E-state index in [0.29, 0.717) is 6.42 Å². The molecule has 1 aromatic rings. The van der Waals surface area contributed by atoms with Gasteiger partial charge in [0.2, 0.25) is 0 Å². The average Bonchev–Trinajstić information content (AvgIpc) is 2.19. The van der Waals surface area contributed by atoms with Gasteiger partial charge in [0.25, 0.3) is 0 Å². The van der Waals surface area contributed by atoms with Crippen molar-refractivity contribution in [3.8, 4) is 5.75 Å². The van der Waals surface area contributed by atoms with Crippen LogP contribution in [0, 0.1) is 6.92 Å². The molecule has 3 heteroatoms. The zero-order valence-electron chi connectivity index (χ0n) is 9.06. The number of carbonyl (C=O) groups is 1. The largest absolute Gasteiger partial charge is 0.491 e. The van der Waals surface area contributed by atoms with E-state index in [0.717, 1.165) is 5.75 Å². The van der Waals surface area contributed by atoms with E-state index in [2.05, 4.69) is 0 Å². The molecule has 3 nitrogen and oxygen atoms in total. The second-order valence-corrected chi connectivity index (χ2v) is 3.67. The lowest BCUT2D eigenvalue weighted by Crippen LogP contribution is -2.13. The van der Waals surface area contributed by atoms with Gasteiger partial charge in [-0.3, -0.25) is 4.79 Å². The molecule has 1 atom stereocenters. The summed E-state index contributed by atoms with van der Waals surface area (Å²) in [6.45, 7) is 3.89. The van der Waals surface area contributed by atoms with E-state index in [1.165, 1.54) is 5.56 Å². The van der Waals surface area contributed by atoms with Crippen molar-refractivity contribution >= 4 is 5.97 Å². The third-order valence-corrected chi connectivity index (χ3v) is 2.12. The fourth-order valence-electron chi connectivity index (χ4n) is 1.23. The SMILES string of the molecule is Cc1ccc(OC(C)CCC(=O)O)cc1. The van der Waals surface area contributed by atoms with Crippen LogP contribution < -0.4 is 4.74 Å². The molecule has 82 valence electrons. The van der Waals surface area contributed by atoms with Gasteiger partial charge in [0.15, 0.2) is 0 Å². The van der Waals surface area contributed by atoms with Crippen LogP contribution in [-0.2, 0) is 4.79 Å². The summed E-state index contributed by atoms with van der Waals surface area (Å²) < 4.78 is 5.56. The fraction of sp³-hybridized carbons (Fsp3) is 0.417. The second kappa shape index (κ2) is 5.39. The van der Waals surface area contributed by atoms with E-state index < -0.39 is 5.97 Å². The summed E-state index contributed by atoms with van der Waals surface area (Å²) in [5.41, 5.74) is 1.18. The molecular formula is C12H16O3. The molecule has 0 aliphatic heterocycles. The maximum atomic E-state index is 10.3. The van der Waals surface area contributed by atoms with Crippen LogP contribution in [0.3, 0.4) is 0 Å². The van der Waals surface area contributed by atoms with E-state index in [9.17, 15) is 4.79 Å². The lowest BCUT2D eigenvalue weighted by molar-refractivity contribution is -0.137. The smallest absolute Gasteiger partial charge is 0.303 e. The lowest BCUT2D eigenvalue weighted by atomic mass is 10.2. The molecule has 0 amide bonds. The number of benzene rings is 1. The molecule has 1 N–H and O–H groups in total. The lowest BCUT2D eigenvalue weighted by Gasteiger charge is -2.13. The predicted molar refractivity (Wildman–Crippen MR) is 58.1 cm³/mol. The van der Waals surface area contributed by atoms with E-state index in [1.54, 1.807) is 0 Å². The van der Waals surface area contributed by atoms with E-state index in [-0.39, 0.29) is 12.5 Å². The zero-order valence-corrected chi connectivity index (χ0v) is 9.06. The normalized spacial score (nSPS) is 12.1. The topological polar surface area (TPSA) is 46.5 Å². The van der Waals surface area contributed by atoms with Gasteiger partial charge in [0.1, 0.15) is 5.75 Å². The van der Waals surface area contributed by atoms with Gasteiger partial charge in [-0.15, -0.1) is 0 Å². The minimum atomic E-state index is -0.783. The Kier molecular flexibility index (Phi) is 4.16.